The number of phenols is 2. The van der Waals surface area contributed by atoms with E-state index in [-0.39, 0.29) is 17.3 Å². The summed E-state index contributed by atoms with van der Waals surface area (Å²) in [5.74, 6) is -0.512. The van der Waals surface area contributed by atoms with Crippen LogP contribution in [0, 0.1) is 33.8 Å². The van der Waals surface area contributed by atoms with Gasteiger partial charge in [-0.15, -0.1) is 0 Å². The first-order valence-electron chi connectivity index (χ1n) is 8.48. The standard InChI is InChI=1S/C22H23O4/c1-12-10-19(23)14(3)8-16(12)17-6-5-7-21(25)22(17,26)18-9-15(4)20(24)11-13(18)2/h5,7-11,17,23-26H,1-4H3. The second kappa shape index (κ2) is 6.22. The summed E-state index contributed by atoms with van der Waals surface area (Å²) in [4.78, 5) is 0. The molecule has 1 aliphatic carbocycles. The first-order chi connectivity index (χ1) is 12.2. The van der Waals surface area contributed by atoms with Crippen LogP contribution in [0.5, 0.6) is 11.5 Å². The van der Waals surface area contributed by atoms with Crippen LogP contribution in [0.15, 0.2) is 42.2 Å². The lowest BCUT2D eigenvalue weighted by molar-refractivity contribution is 0.0134. The maximum absolute atomic E-state index is 11.7. The third-order valence-corrected chi connectivity index (χ3v) is 5.16. The normalized spacial score (nSPS) is 22.3. The number of aliphatic hydroxyl groups is 2. The molecule has 0 saturated heterocycles. The van der Waals surface area contributed by atoms with E-state index in [2.05, 4.69) is 6.08 Å². The van der Waals surface area contributed by atoms with E-state index in [1.54, 1.807) is 45.0 Å². The molecule has 2 unspecified atom stereocenters. The van der Waals surface area contributed by atoms with Crippen molar-refractivity contribution in [3.8, 4) is 11.5 Å². The number of aliphatic hydroxyl groups excluding tert-OH is 1. The molecule has 0 fully saturated rings. The molecule has 0 saturated carbocycles. The summed E-state index contributed by atoms with van der Waals surface area (Å²) in [6, 6.07) is 6.73. The molecular weight excluding hydrogens is 328 g/mol. The molecule has 0 aromatic heterocycles. The summed E-state index contributed by atoms with van der Waals surface area (Å²) in [5, 5.41) is 42.2. The zero-order chi connectivity index (χ0) is 19.2. The van der Waals surface area contributed by atoms with Gasteiger partial charge in [0.15, 0.2) is 5.60 Å². The van der Waals surface area contributed by atoms with Gasteiger partial charge >= 0.3 is 0 Å². The number of hydrogen-bond acceptors (Lipinski definition) is 4. The van der Waals surface area contributed by atoms with E-state index in [9.17, 15) is 20.4 Å². The van der Waals surface area contributed by atoms with Crippen molar-refractivity contribution in [2.75, 3.05) is 0 Å². The van der Waals surface area contributed by atoms with Gasteiger partial charge in [0.1, 0.15) is 17.3 Å². The second-order valence-corrected chi connectivity index (χ2v) is 7.03. The van der Waals surface area contributed by atoms with E-state index in [1.165, 1.54) is 6.08 Å². The van der Waals surface area contributed by atoms with Crippen molar-refractivity contribution in [1.29, 1.82) is 0 Å². The number of benzene rings is 2. The van der Waals surface area contributed by atoms with Crippen LogP contribution >= 0.6 is 0 Å². The number of aryl methyl sites for hydroxylation is 4. The minimum atomic E-state index is -1.72. The largest absolute Gasteiger partial charge is 0.509 e. The number of hydrogen-bond donors (Lipinski definition) is 4. The predicted octanol–water partition coefficient (Wildman–Crippen LogP) is 4.12. The smallest absolute Gasteiger partial charge is 0.157 e. The highest BCUT2D eigenvalue weighted by atomic mass is 16.3. The highest BCUT2D eigenvalue weighted by molar-refractivity contribution is 5.52. The van der Waals surface area contributed by atoms with Gasteiger partial charge in [-0.2, -0.15) is 0 Å². The van der Waals surface area contributed by atoms with Crippen LogP contribution in [-0.4, -0.2) is 20.4 Å². The van der Waals surface area contributed by atoms with Crippen molar-refractivity contribution in [3.63, 3.8) is 0 Å². The molecule has 0 amide bonds. The molecule has 2 atom stereocenters. The molecule has 3 rings (SSSR count). The molecule has 1 aliphatic rings. The molecule has 135 valence electrons. The van der Waals surface area contributed by atoms with Crippen LogP contribution in [0.1, 0.15) is 39.3 Å². The maximum atomic E-state index is 11.7. The van der Waals surface area contributed by atoms with E-state index in [1.807, 2.05) is 13.0 Å². The zero-order valence-corrected chi connectivity index (χ0v) is 15.3. The number of rotatable bonds is 2. The Labute approximate surface area is 153 Å². The zero-order valence-electron chi connectivity index (χ0n) is 15.3. The third-order valence-electron chi connectivity index (χ3n) is 5.16. The van der Waals surface area contributed by atoms with Crippen molar-refractivity contribution in [3.05, 3.63) is 81.6 Å². The quantitative estimate of drug-likeness (QED) is 0.656. The van der Waals surface area contributed by atoms with Gasteiger partial charge in [0.05, 0.1) is 0 Å². The van der Waals surface area contributed by atoms with Gasteiger partial charge in [0.25, 0.3) is 0 Å². The number of allylic oxidation sites excluding steroid dienone is 2. The fourth-order valence-electron chi connectivity index (χ4n) is 3.57. The Hall–Kier alpha value is -2.72. The van der Waals surface area contributed by atoms with E-state index in [4.69, 9.17) is 0 Å². The highest BCUT2D eigenvalue weighted by Gasteiger charge is 2.45. The van der Waals surface area contributed by atoms with Crippen LogP contribution in [0.4, 0.5) is 0 Å². The Morgan fingerprint density at radius 3 is 2.04 bits per heavy atom. The van der Waals surface area contributed by atoms with Crippen molar-refractivity contribution < 1.29 is 20.4 Å². The summed E-state index contributed by atoms with van der Waals surface area (Å²) in [7, 11) is 0. The lowest BCUT2D eigenvalue weighted by Crippen LogP contribution is -2.37. The SMILES string of the molecule is Cc1cc(C2[C]=CC=C(O)C2(O)c2cc(C)c(O)cc2C)c(C)cc1O. The number of phenolic OH excluding ortho intramolecular Hbond substituents is 2. The van der Waals surface area contributed by atoms with Crippen molar-refractivity contribution in [2.45, 2.75) is 39.2 Å². The van der Waals surface area contributed by atoms with E-state index >= 15 is 0 Å². The van der Waals surface area contributed by atoms with E-state index < -0.39 is 11.5 Å². The average Bonchev–Trinajstić information content (AvgIpc) is 2.57. The van der Waals surface area contributed by atoms with Gasteiger partial charge in [-0.25, -0.2) is 0 Å². The molecule has 26 heavy (non-hydrogen) atoms. The summed E-state index contributed by atoms with van der Waals surface area (Å²) in [6.45, 7) is 7.16. The average molecular weight is 351 g/mol. The molecular formula is C22H23O4. The van der Waals surface area contributed by atoms with Gasteiger partial charge in [-0.05, 0) is 91.4 Å². The minimum absolute atomic E-state index is 0.141. The lowest BCUT2D eigenvalue weighted by Gasteiger charge is -2.38. The molecule has 0 heterocycles. The Morgan fingerprint density at radius 2 is 1.38 bits per heavy atom. The van der Waals surface area contributed by atoms with Gasteiger partial charge in [0, 0.05) is 5.92 Å². The highest BCUT2D eigenvalue weighted by Crippen LogP contribution is 2.47. The molecule has 0 bridgehead atoms. The molecule has 2 aromatic carbocycles. The van der Waals surface area contributed by atoms with E-state index in [0.717, 1.165) is 11.1 Å². The maximum Gasteiger partial charge on any atom is 0.157 e. The summed E-state index contributed by atoms with van der Waals surface area (Å²) in [5.41, 5.74) is 2.31. The lowest BCUT2D eigenvalue weighted by atomic mass is 9.71. The molecule has 4 nitrogen and oxygen atoms in total. The van der Waals surface area contributed by atoms with Crippen LogP contribution < -0.4 is 0 Å². The van der Waals surface area contributed by atoms with E-state index in [0.29, 0.717) is 22.3 Å². The van der Waals surface area contributed by atoms with Crippen molar-refractivity contribution in [2.24, 2.45) is 0 Å². The van der Waals surface area contributed by atoms with Gasteiger partial charge in [-0.1, -0.05) is 12.1 Å². The molecule has 2 aromatic rings. The van der Waals surface area contributed by atoms with Gasteiger partial charge < -0.3 is 20.4 Å². The Morgan fingerprint density at radius 1 is 0.808 bits per heavy atom. The topological polar surface area (TPSA) is 80.9 Å². The minimum Gasteiger partial charge on any atom is -0.509 e. The third kappa shape index (κ3) is 2.67. The van der Waals surface area contributed by atoms with Gasteiger partial charge in [-0.3, -0.25) is 0 Å². The fourth-order valence-corrected chi connectivity index (χ4v) is 3.57. The van der Waals surface area contributed by atoms with Crippen molar-refractivity contribution >= 4 is 0 Å². The van der Waals surface area contributed by atoms with Crippen LogP contribution in [0.2, 0.25) is 0 Å². The molecule has 1 radical (unpaired) electrons. The molecule has 0 aliphatic heterocycles. The predicted molar refractivity (Wildman–Crippen MR) is 100 cm³/mol. The monoisotopic (exact) mass is 351 g/mol. The Bertz CT molecular complexity index is 940. The first kappa shape index (κ1) is 18.1. The van der Waals surface area contributed by atoms with Crippen molar-refractivity contribution in [1.82, 2.24) is 0 Å². The Kier molecular flexibility index (Phi) is 4.32. The number of aromatic hydroxyl groups is 2. The van der Waals surface area contributed by atoms with Crippen LogP contribution in [-0.2, 0) is 5.60 Å². The van der Waals surface area contributed by atoms with Gasteiger partial charge in [0.2, 0.25) is 0 Å². The summed E-state index contributed by atoms with van der Waals surface area (Å²) >= 11 is 0. The second-order valence-electron chi connectivity index (χ2n) is 7.03. The summed E-state index contributed by atoms with van der Waals surface area (Å²) in [6.07, 6.45) is 6.18. The summed E-state index contributed by atoms with van der Waals surface area (Å²) < 4.78 is 0. The molecule has 4 N–H and O–H groups in total. The fraction of sp³-hybridized carbons (Fsp3) is 0.273. The first-order valence-corrected chi connectivity index (χ1v) is 8.48. The van der Waals surface area contributed by atoms with Crippen LogP contribution in [0.25, 0.3) is 0 Å². The Balaban J connectivity index is 2.26. The van der Waals surface area contributed by atoms with Crippen LogP contribution in [0.3, 0.4) is 0 Å². The molecule has 0 spiro atoms. The molecule has 4 heteroatoms.